The number of ether oxygens (including phenoxy) is 1. The van der Waals surface area contributed by atoms with Gasteiger partial charge in [-0.05, 0) is 35.7 Å². The molecule has 0 radical (unpaired) electrons. The fraction of sp³-hybridized carbons (Fsp3) is 0.409. The number of hydrogen-bond donors (Lipinski definition) is 2. The minimum Gasteiger partial charge on any atom is -0.379 e. The number of rotatable bonds is 5. The van der Waals surface area contributed by atoms with E-state index in [4.69, 9.17) is 4.74 Å². The topological polar surface area (TPSA) is 53.6 Å². The summed E-state index contributed by atoms with van der Waals surface area (Å²) >= 11 is 0. The molecule has 2 aliphatic rings. The van der Waals surface area contributed by atoms with Crippen molar-refractivity contribution in [3.63, 3.8) is 0 Å². The van der Waals surface area contributed by atoms with Crippen molar-refractivity contribution in [2.24, 2.45) is 0 Å². The first kappa shape index (κ1) is 23.6. The molecule has 4 rings (SSSR count). The molecule has 1 fully saturated rings. The maximum Gasteiger partial charge on any atom is 0.251 e. The van der Waals surface area contributed by atoms with E-state index in [-0.39, 0.29) is 36.8 Å². The van der Waals surface area contributed by atoms with Gasteiger partial charge in [-0.1, -0.05) is 42.5 Å². The molecule has 2 heterocycles. The lowest BCUT2D eigenvalue weighted by molar-refractivity contribution is 0.0340. The van der Waals surface area contributed by atoms with Gasteiger partial charge >= 0.3 is 0 Å². The van der Waals surface area contributed by atoms with Gasteiger partial charge in [0.2, 0.25) is 0 Å². The number of morpholine rings is 1. The van der Waals surface area contributed by atoms with E-state index in [9.17, 15) is 4.79 Å². The summed E-state index contributed by atoms with van der Waals surface area (Å²) in [5, 5.41) is 6.67. The second-order valence-corrected chi connectivity index (χ2v) is 7.21. The van der Waals surface area contributed by atoms with Gasteiger partial charge in [-0.15, -0.1) is 24.8 Å². The molecule has 0 aromatic heterocycles. The van der Waals surface area contributed by atoms with Gasteiger partial charge in [0, 0.05) is 37.8 Å². The van der Waals surface area contributed by atoms with Crippen LogP contribution in [0.25, 0.3) is 0 Å². The van der Waals surface area contributed by atoms with Crippen molar-refractivity contribution >= 4 is 30.7 Å². The molecule has 2 aromatic carbocycles. The van der Waals surface area contributed by atoms with Gasteiger partial charge in [-0.2, -0.15) is 0 Å². The number of carbonyl (C=O) groups is 1. The van der Waals surface area contributed by atoms with E-state index in [1.54, 1.807) is 0 Å². The molecule has 2 N–H and O–H groups in total. The van der Waals surface area contributed by atoms with Crippen LogP contribution in [0.3, 0.4) is 0 Å². The Hall–Kier alpha value is -1.63. The predicted molar refractivity (Wildman–Crippen MR) is 120 cm³/mol. The maximum absolute atomic E-state index is 12.9. The van der Waals surface area contributed by atoms with E-state index < -0.39 is 0 Å². The van der Waals surface area contributed by atoms with Crippen molar-refractivity contribution in [2.75, 3.05) is 39.4 Å². The number of carbonyl (C=O) groups excluding carboxylic acids is 1. The van der Waals surface area contributed by atoms with Gasteiger partial charge in [0.1, 0.15) is 0 Å². The van der Waals surface area contributed by atoms with Gasteiger partial charge in [-0.3, -0.25) is 9.69 Å². The zero-order valence-corrected chi connectivity index (χ0v) is 18.1. The molecule has 29 heavy (non-hydrogen) atoms. The van der Waals surface area contributed by atoms with Gasteiger partial charge in [0.15, 0.2) is 0 Å². The van der Waals surface area contributed by atoms with Crippen LogP contribution in [0.5, 0.6) is 0 Å². The third kappa shape index (κ3) is 5.93. The molecule has 1 atom stereocenters. The van der Waals surface area contributed by atoms with Crippen LogP contribution in [0, 0.1) is 0 Å². The molecule has 1 unspecified atom stereocenters. The Morgan fingerprint density at radius 3 is 2.62 bits per heavy atom. The van der Waals surface area contributed by atoms with Crippen molar-refractivity contribution in [3.8, 4) is 0 Å². The van der Waals surface area contributed by atoms with Crippen LogP contribution < -0.4 is 10.6 Å². The van der Waals surface area contributed by atoms with Crippen molar-refractivity contribution < 1.29 is 9.53 Å². The van der Waals surface area contributed by atoms with Crippen LogP contribution >= 0.6 is 24.8 Å². The summed E-state index contributed by atoms with van der Waals surface area (Å²) in [6.07, 6.45) is 1.04. The lowest BCUT2D eigenvalue weighted by Crippen LogP contribution is -2.39. The minimum atomic E-state index is 0. The largest absolute Gasteiger partial charge is 0.379 e. The fourth-order valence-corrected chi connectivity index (χ4v) is 3.94. The molecular formula is C22H29Cl2N3O2. The molecule has 158 valence electrons. The smallest absolute Gasteiger partial charge is 0.251 e. The van der Waals surface area contributed by atoms with Crippen LogP contribution in [0.2, 0.25) is 0 Å². The average molecular weight is 438 g/mol. The van der Waals surface area contributed by atoms with E-state index in [1.165, 1.54) is 11.1 Å². The lowest BCUT2D eigenvalue weighted by Gasteiger charge is -2.28. The molecule has 7 heteroatoms. The van der Waals surface area contributed by atoms with Crippen LogP contribution in [0.15, 0.2) is 48.5 Å². The Balaban J connectivity index is 0.00000150. The van der Waals surface area contributed by atoms with Crippen molar-refractivity contribution in [3.05, 3.63) is 70.8 Å². The monoisotopic (exact) mass is 437 g/mol. The molecule has 2 aliphatic heterocycles. The van der Waals surface area contributed by atoms with E-state index in [2.05, 4.69) is 45.9 Å². The summed E-state index contributed by atoms with van der Waals surface area (Å²) in [7, 11) is 0. The Morgan fingerprint density at radius 1 is 1.07 bits per heavy atom. The quantitative estimate of drug-likeness (QED) is 0.754. The molecular weight excluding hydrogens is 409 g/mol. The van der Waals surface area contributed by atoms with E-state index in [0.717, 1.165) is 56.9 Å². The Bertz CT molecular complexity index is 797. The summed E-state index contributed by atoms with van der Waals surface area (Å²) < 4.78 is 5.42. The first-order valence-corrected chi connectivity index (χ1v) is 9.78. The highest BCUT2D eigenvalue weighted by Gasteiger charge is 2.21. The Morgan fingerprint density at radius 2 is 1.79 bits per heavy atom. The second-order valence-electron chi connectivity index (χ2n) is 7.21. The molecule has 2 aromatic rings. The van der Waals surface area contributed by atoms with Crippen molar-refractivity contribution in [1.29, 1.82) is 0 Å². The summed E-state index contributed by atoms with van der Waals surface area (Å²) in [5.74, 6) is 0.00344. The normalized spacial score (nSPS) is 18.7. The summed E-state index contributed by atoms with van der Waals surface area (Å²) in [6.45, 7) is 5.70. The van der Waals surface area contributed by atoms with Gasteiger partial charge in [0.05, 0.1) is 13.2 Å². The summed E-state index contributed by atoms with van der Waals surface area (Å²) in [6, 6.07) is 16.6. The number of fused-ring (bicyclic) bond motifs is 1. The number of nitrogens with zero attached hydrogens (tertiary/aromatic N) is 1. The van der Waals surface area contributed by atoms with Crippen LogP contribution in [0.1, 0.15) is 33.1 Å². The Kier molecular flexibility index (Phi) is 9.40. The first-order valence-electron chi connectivity index (χ1n) is 9.78. The van der Waals surface area contributed by atoms with Gasteiger partial charge < -0.3 is 15.4 Å². The summed E-state index contributed by atoms with van der Waals surface area (Å²) in [5.41, 5.74) is 4.52. The zero-order chi connectivity index (χ0) is 18.5. The third-order valence-corrected chi connectivity index (χ3v) is 5.44. The Labute approximate surface area is 185 Å². The van der Waals surface area contributed by atoms with E-state index in [1.807, 2.05) is 18.2 Å². The standard InChI is InChI=1S/C22H27N3O2.2ClH/c26-22(24-15-21-19-7-3-1-5-17(19)9-10-23-21)20-8-4-2-6-18(20)16-25-11-13-27-14-12-25;;/h1-8,21,23H,9-16H2,(H,24,26);2*1H. The number of benzene rings is 2. The van der Waals surface area contributed by atoms with E-state index in [0.29, 0.717) is 6.54 Å². The first-order chi connectivity index (χ1) is 13.3. The van der Waals surface area contributed by atoms with Crippen LogP contribution in [-0.4, -0.2) is 50.2 Å². The number of halogens is 2. The zero-order valence-electron chi connectivity index (χ0n) is 16.4. The highest BCUT2D eigenvalue weighted by atomic mass is 35.5. The molecule has 0 aliphatic carbocycles. The van der Waals surface area contributed by atoms with Crippen molar-refractivity contribution in [1.82, 2.24) is 15.5 Å². The van der Waals surface area contributed by atoms with Gasteiger partial charge in [-0.25, -0.2) is 0 Å². The third-order valence-electron chi connectivity index (χ3n) is 5.44. The molecule has 1 amide bonds. The number of hydrogen-bond acceptors (Lipinski definition) is 4. The number of amides is 1. The van der Waals surface area contributed by atoms with Crippen molar-refractivity contribution in [2.45, 2.75) is 19.0 Å². The second kappa shape index (κ2) is 11.5. The molecule has 1 saturated heterocycles. The summed E-state index contributed by atoms with van der Waals surface area (Å²) in [4.78, 5) is 15.2. The predicted octanol–water partition coefficient (Wildman–Crippen LogP) is 2.98. The van der Waals surface area contributed by atoms with Gasteiger partial charge in [0.25, 0.3) is 5.91 Å². The number of nitrogens with one attached hydrogen (secondary N) is 2. The van der Waals surface area contributed by atoms with Crippen LogP contribution in [-0.2, 0) is 17.7 Å². The average Bonchev–Trinajstić information content (AvgIpc) is 2.73. The lowest BCUT2D eigenvalue weighted by atomic mass is 9.94. The molecule has 5 nitrogen and oxygen atoms in total. The molecule has 0 saturated carbocycles. The minimum absolute atomic E-state index is 0. The fourth-order valence-electron chi connectivity index (χ4n) is 3.94. The maximum atomic E-state index is 12.9. The highest BCUT2D eigenvalue weighted by Crippen LogP contribution is 2.22. The van der Waals surface area contributed by atoms with E-state index >= 15 is 0 Å². The highest BCUT2D eigenvalue weighted by molar-refractivity contribution is 5.95. The van der Waals surface area contributed by atoms with Crippen LogP contribution in [0.4, 0.5) is 0 Å². The SMILES string of the molecule is Cl.Cl.O=C(NCC1NCCc2ccccc21)c1ccccc1CN1CCOCC1. The molecule has 0 bridgehead atoms. The molecule has 0 spiro atoms.